The number of aliphatic carboxylic acids is 1. The zero-order chi connectivity index (χ0) is 9.11. The Labute approximate surface area is 71.2 Å². The van der Waals surface area contributed by atoms with Crippen molar-refractivity contribution >= 4 is 17.8 Å². The first-order valence-corrected chi connectivity index (χ1v) is 3.46. The lowest BCUT2D eigenvalue weighted by Crippen LogP contribution is -1.97. The summed E-state index contributed by atoms with van der Waals surface area (Å²) in [6.45, 7) is 4.78. The van der Waals surface area contributed by atoms with E-state index < -0.39 is 5.97 Å². The Morgan fingerprint density at radius 1 is 1.55 bits per heavy atom. The second-order valence-corrected chi connectivity index (χ2v) is 1.75. The van der Waals surface area contributed by atoms with Gasteiger partial charge in [0.1, 0.15) is 0 Å². The summed E-state index contributed by atoms with van der Waals surface area (Å²) < 4.78 is 9.06. The van der Waals surface area contributed by atoms with E-state index in [0.29, 0.717) is 13.2 Å². The first-order valence-electron chi connectivity index (χ1n) is 3.16. The first kappa shape index (κ1) is 13.3. The molecule has 0 fully saturated rings. The molecular weight excluding hydrogens is 172 g/mol. The Morgan fingerprint density at radius 2 is 2.00 bits per heavy atom. The Morgan fingerprint density at radius 3 is 2.27 bits per heavy atom. The third-order valence-electron chi connectivity index (χ3n) is 0.509. The predicted octanol–water partition coefficient (Wildman–Crippen LogP) is 1.28. The highest BCUT2D eigenvalue weighted by molar-refractivity contribution is 6.07. The van der Waals surface area contributed by atoms with Crippen molar-refractivity contribution in [1.82, 2.24) is 0 Å². The van der Waals surface area contributed by atoms with Gasteiger partial charge >= 0.3 is 0 Å². The molecule has 0 aromatic rings. The molecule has 0 aliphatic heterocycles. The number of hydrogen-bond acceptors (Lipinski definition) is 3. The molecule has 0 aromatic carbocycles. The van der Waals surface area contributed by atoms with E-state index in [-0.39, 0.29) is 0 Å². The lowest BCUT2D eigenvalue weighted by molar-refractivity contribution is -0.134. The molecule has 5 heteroatoms. The van der Waals surface area contributed by atoms with Gasteiger partial charge in [-0.05, 0) is 6.92 Å². The number of carboxylic acid groups (broad SMARTS) is 1. The highest BCUT2D eigenvalue weighted by atomic mass is 35.5. The van der Waals surface area contributed by atoms with Crippen LogP contribution in [0.15, 0.2) is 0 Å². The Balaban J connectivity index is 0. The van der Waals surface area contributed by atoms with Gasteiger partial charge in [-0.25, -0.2) is 0 Å². The smallest absolute Gasteiger partial charge is 0.300 e. The van der Waals surface area contributed by atoms with Crippen molar-refractivity contribution in [2.75, 3.05) is 19.8 Å². The summed E-state index contributed by atoms with van der Waals surface area (Å²) >= 11 is 4.86. The van der Waals surface area contributed by atoms with Crippen LogP contribution in [0.25, 0.3) is 0 Å². The van der Waals surface area contributed by atoms with E-state index in [1.54, 1.807) is 0 Å². The maximum absolute atomic E-state index is 9.00. The molecule has 0 spiro atoms. The van der Waals surface area contributed by atoms with Gasteiger partial charge in [0.2, 0.25) is 0 Å². The fourth-order valence-electron chi connectivity index (χ4n) is 0.235. The Kier molecular flexibility index (Phi) is 14.9. The molecule has 11 heavy (non-hydrogen) atoms. The molecule has 0 saturated heterocycles. The zero-order valence-electron chi connectivity index (χ0n) is 6.67. The van der Waals surface area contributed by atoms with Gasteiger partial charge in [0.25, 0.3) is 5.97 Å². The third-order valence-corrected chi connectivity index (χ3v) is 0.663. The van der Waals surface area contributed by atoms with Crippen molar-refractivity contribution in [3.8, 4) is 0 Å². The molecule has 0 saturated carbocycles. The highest BCUT2D eigenvalue weighted by Crippen LogP contribution is 1.79. The predicted molar refractivity (Wildman–Crippen MR) is 41.6 cm³/mol. The summed E-state index contributed by atoms with van der Waals surface area (Å²) in [4.78, 5) is 9.00. The maximum atomic E-state index is 9.00. The molecule has 0 bridgehead atoms. The van der Waals surface area contributed by atoms with Gasteiger partial charge in [0, 0.05) is 13.5 Å². The largest absolute Gasteiger partial charge is 0.481 e. The Bertz CT molecular complexity index is 78.7. The van der Waals surface area contributed by atoms with Crippen LogP contribution in [-0.4, -0.2) is 30.9 Å². The molecular formula is C6H13ClO4. The van der Waals surface area contributed by atoms with Crippen LogP contribution >= 0.6 is 11.9 Å². The van der Waals surface area contributed by atoms with Crippen molar-refractivity contribution < 1.29 is 18.9 Å². The van der Waals surface area contributed by atoms with Crippen LogP contribution in [-0.2, 0) is 13.8 Å². The minimum Gasteiger partial charge on any atom is -0.481 e. The molecule has 0 radical (unpaired) electrons. The number of carboxylic acids is 1. The second-order valence-electron chi connectivity index (χ2n) is 1.53. The summed E-state index contributed by atoms with van der Waals surface area (Å²) in [5.74, 6) is -0.833. The van der Waals surface area contributed by atoms with E-state index in [0.717, 1.165) is 13.5 Å². The van der Waals surface area contributed by atoms with Crippen molar-refractivity contribution in [3.05, 3.63) is 0 Å². The maximum Gasteiger partial charge on any atom is 0.300 e. The molecule has 0 rings (SSSR count). The van der Waals surface area contributed by atoms with Crippen molar-refractivity contribution in [3.63, 3.8) is 0 Å². The summed E-state index contributed by atoms with van der Waals surface area (Å²) in [6, 6.07) is 0. The van der Waals surface area contributed by atoms with Crippen molar-refractivity contribution in [2.24, 2.45) is 0 Å². The van der Waals surface area contributed by atoms with Crippen molar-refractivity contribution in [1.29, 1.82) is 0 Å². The fourth-order valence-corrected chi connectivity index (χ4v) is 0.298. The normalized spacial score (nSPS) is 8.27. The van der Waals surface area contributed by atoms with Gasteiger partial charge in [-0.3, -0.25) is 9.08 Å². The van der Waals surface area contributed by atoms with Crippen LogP contribution in [0.1, 0.15) is 13.8 Å². The minimum absolute atomic E-state index is 0.468. The van der Waals surface area contributed by atoms with E-state index in [1.807, 2.05) is 6.92 Å². The molecule has 0 amide bonds. The van der Waals surface area contributed by atoms with Gasteiger partial charge in [-0.15, -0.1) is 0 Å². The minimum atomic E-state index is -0.833. The van der Waals surface area contributed by atoms with Crippen LogP contribution < -0.4 is 0 Å². The molecule has 1 N–H and O–H groups in total. The average molecular weight is 185 g/mol. The van der Waals surface area contributed by atoms with Crippen LogP contribution in [0.4, 0.5) is 0 Å². The van der Waals surface area contributed by atoms with Crippen molar-refractivity contribution in [2.45, 2.75) is 13.8 Å². The van der Waals surface area contributed by atoms with E-state index in [2.05, 4.69) is 4.29 Å². The number of ether oxygens (including phenoxy) is 1. The number of hydrogen-bond donors (Lipinski definition) is 1. The van der Waals surface area contributed by atoms with E-state index in [9.17, 15) is 0 Å². The summed E-state index contributed by atoms with van der Waals surface area (Å²) in [6.07, 6.45) is 0. The lowest BCUT2D eigenvalue weighted by Gasteiger charge is -1.94. The molecule has 0 aromatic heterocycles. The van der Waals surface area contributed by atoms with Gasteiger partial charge in [0.05, 0.1) is 25.1 Å². The van der Waals surface area contributed by atoms with E-state index >= 15 is 0 Å². The van der Waals surface area contributed by atoms with Crippen LogP contribution in [0, 0.1) is 0 Å². The van der Waals surface area contributed by atoms with E-state index in [4.69, 9.17) is 26.5 Å². The highest BCUT2D eigenvalue weighted by Gasteiger charge is 1.79. The fraction of sp³-hybridized carbons (Fsp3) is 0.833. The summed E-state index contributed by atoms with van der Waals surface area (Å²) in [7, 11) is 0. The van der Waals surface area contributed by atoms with E-state index in [1.165, 1.54) is 0 Å². The van der Waals surface area contributed by atoms with Gasteiger partial charge in [0.15, 0.2) is 0 Å². The zero-order valence-corrected chi connectivity index (χ0v) is 7.43. The number of halogens is 1. The molecule has 0 heterocycles. The standard InChI is InChI=1S/C4H9ClO2.C2H4O2/c1-2-6-3-4-7-5;1-2(3)4/h2-4H2,1H3;1H3,(H,3,4). The summed E-state index contributed by atoms with van der Waals surface area (Å²) in [5, 5.41) is 7.42. The Hall–Kier alpha value is -0.320. The SMILES string of the molecule is CC(=O)O.CCOCCOCl. The van der Waals surface area contributed by atoms with Gasteiger partial charge in [-0.1, -0.05) is 0 Å². The molecule has 68 valence electrons. The molecule has 0 aliphatic rings. The molecule has 0 atom stereocenters. The van der Waals surface area contributed by atoms with Gasteiger partial charge < -0.3 is 9.84 Å². The first-order chi connectivity index (χ1) is 5.15. The van der Waals surface area contributed by atoms with Crippen LogP contribution in [0.2, 0.25) is 0 Å². The third kappa shape index (κ3) is 42.2. The molecule has 0 aliphatic carbocycles. The topological polar surface area (TPSA) is 55.8 Å². The molecule has 4 nitrogen and oxygen atoms in total. The van der Waals surface area contributed by atoms with Gasteiger partial charge in [-0.2, -0.15) is 0 Å². The monoisotopic (exact) mass is 184 g/mol. The lowest BCUT2D eigenvalue weighted by atomic mass is 10.8. The summed E-state index contributed by atoms with van der Waals surface area (Å²) in [5.41, 5.74) is 0. The van der Waals surface area contributed by atoms with Crippen LogP contribution in [0.5, 0.6) is 0 Å². The molecule has 0 unspecified atom stereocenters. The quantitative estimate of drug-likeness (QED) is 0.669. The average Bonchev–Trinajstić information content (AvgIpc) is 1.88. The number of rotatable bonds is 4. The number of carbonyl (C=O) groups is 1. The second kappa shape index (κ2) is 12.4. The van der Waals surface area contributed by atoms with Crippen LogP contribution in [0.3, 0.4) is 0 Å².